The maximum absolute atomic E-state index is 11.3. The molecule has 0 fully saturated rings. The zero-order valence-corrected chi connectivity index (χ0v) is 7.17. The molecule has 2 rings (SSSR count). The van der Waals surface area contributed by atoms with Crippen LogP contribution >= 0.6 is 0 Å². The first-order valence-corrected chi connectivity index (χ1v) is 3.74. The van der Waals surface area contributed by atoms with E-state index in [4.69, 9.17) is 5.73 Å². The van der Waals surface area contributed by atoms with Crippen LogP contribution < -0.4 is 22.8 Å². The van der Waals surface area contributed by atoms with Crippen LogP contribution in [0.3, 0.4) is 0 Å². The molecule has 1 aliphatic heterocycles. The lowest BCUT2D eigenvalue weighted by Gasteiger charge is -2.15. The first kappa shape index (κ1) is 9.21. The number of nitrogens with two attached hydrogens (primary N) is 1. The number of H-pyrrole nitrogens is 2. The van der Waals surface area contributed by atoms with Crippen LogP contribution in [0.5, 0.6) is 0 Å². The van der Waals surface area contributed by atoms with E-state index in [0.29, 0.717) is 4.57 Å². The number of aromatic amines is 2. The maximum Gasteiger partial charge on any atom is 0.338 e. The summed E-state index contributed by atoms with van der Waals surface area (Å²) in [5, 5.41) is 6.71. The van der Waals surface area contributed by atoms with Gasteiger partial charge in [-0.1, -0.05) is 0 Å². The fraction of sp³-hybridized carbons (Fsp3) is 0.200. The molecule has 1 aromatic rings. The summed E-state index contributed by atoms with van der Waals surface area (Å²) in [6.07, 6.45) is 0.997. The predicted octanol–water partition coefficient (Wildman–Crippen LogP) is -2.75. The number of nitrogens with zero attached hydrogens (tertiary/aromatic N) is 4. The maximum atomic E-state index is 11.3. The zero-order valence-electron chi connectivity index (χ0n) is 7.17. The third-order valence-corrected chi connectivity index (χ3v) is 1.68. The lowest BCUT2D eigenvalue weighted by molar-refractivity contribution is 0.297. The monoisotopic (exact) mass is 211 g/mol. The molecule has 0 saturated carbocycles. The standard InChI is InChI=1S/C5H5N7O3/c6-5(7-1-8-11-5)12-3(14)9-2(13)10-4(12)15/h1H,6H2,(H2,9,10,13,14,15). The van der Waals surface area contributed by atoms with Crippen molar-refractivity contribution in [3.8, 4) is 0 Å². The second-order valence-corrected chi connectivity index (χ2v) is 2.67. The molecule has 10 nitrogen and oxygen atoms in total. The van der Waals surface area contributed by atoms with Crippen molar-refractivity contribution < 1.29 is 0 Å². The second-order valence-electron chi connectivity index (χ2n) is 2.67. The molecule has 0 amide bonds. The Hall–Kier alpha value is -2.36. The van der Waals surface area contributed by atoms with Gasteiger partial charge in [-0.3, -0.25) is 15.7 Å². The van der Waals surface area contributed by atoms with Crippen molar-refractivity contribution in [3.63, 3.8) is 0 Å². The van der Waals surface area contributed by atoms with E-state index in [0.717, 1.165) is 6.34 Å². The third kappa shape index (κ3) is 1.32. The van der Waals surface area contributed by atoms with Gasteiger partial charge in [0.2, 0.25) is 0 Å². The summed E-state index contributed by atoms with van der Waals surface area (Å²) in [5.74, 6) is -1.92. The van der Waals surface area contributed by atoms with E-state index in [9.17, 15) is 14.4 Å². The first-order chi connectivity index (χ1) is 7.03. The Kier molecular flexibility index (Phi) is 1.73. The van der Waals surface area contributed by atoms with Gasteiger partial charge in [0.1, 0.15) is 6.34 Å². The van der Waals surface area contributed by atoms with Crippen molar-refractivity contribution in [2.75, 3.05) is 0 Å². The molecule has 1 unspecified atom stereocenters. The fourth-order valence-electron chi connectivity index (χ4n) is 1.08. The Morgan fingerprint density at radius 1 is 1.27 bits per heavy atom. The largest absolute Gasteiger partial charge is 0.338 e. The van der Waals surface area contributed by atoms with Crippen molar-refractivity contribution >= 4 is 6.34 Å². The summed E-state index contributed by atoms with van der Waals surface area (Å²) in [5.41, 5.74) is 2.55. The topological polar surface area (TPSA) is 151 Å². The van der Waals surface area contributed by atoms with Gasteiger partial charge in [-0.2, -0.15) is 4.57 Å². The quantitative estimate of drug-likeness (QED) is 0.461. The van der Waals surface area contributed by atoms with Crippen LogP contribution in [0.25, 0.3) is 0 Å². The first-order valence-electron chi connectivity index (χ1n) is 3.74. The van der Waals surface area contributed by atoms with Gasteiger partial charge in [-0.15, -0.1) is 10.2 Å². The minimum atomic E-state index is -1.92. The van der Waals surface area contributed by atoms with Crippen LogP contribution in [0.1, 0.15) is 0 Å². The average Bonchev–Trinajstić information content (AvgIpc) is 2.50. The van der Waals surface area contributed by atoms with Gasteiger partial charge in [0.15, 0.2) is 0 Å². The molecule has 1 atom stereocenters. The zero-order chi connectivity index (χ0) is 11.1. The van der Waals surface area contributed by atoms with Crippen molar-refractivity contribution in [2.45, 2.75) is 5.91 Å². The van der Waals surface area contributed by atoms with Crippen molar-refractivity contribution in [1.82, 2.24) is 14.5 Å². The summed E-state index contributed by atoms with van der Waals surface area (Å²) in [7, 11) is 0. The molecule has 0 aliphatic carbocycles. The van der Waals surface area contributed by atoms with Gasteiger partial charge in [-0.05, 0) is 0 Å². The van der Waals surface area contributed by atoms with Crippen molar-refractivity contribution in [2.24, 2.45) is 21.0 Å². The number of rotatable bonds is 1. The highest BCUT2D eigenvalue weighted by atomic mass is 16.2. The molecule has 78 valence electrons. The normalized spacial score (nSPS) is 23.5. The van der Waals surface area contributed by atoms with Crippen LogP contribution in [0.2, 0.25) is 0 Å². The molecule has 0 spiro atoms. The van der Waals surface area contributed by atoms with Crippen molar-refractivity contribution in [3.05, 3.63) is 31.5 Å². The second kappa shape index (κ2) is 2.81. The molecule has 1 aliphatic rings. The molecule has 0 saturated heterocycles. The Morgan fingerprint density at radius 3 is 2.33 bits per heavy atom. The average molecular weight is 211 g/mol. The molecule has 0 aromatic carbocycles. The van der Waals surface area contributed by atoms with E-state index < -0.39 is 23.0 Å². The predicted molar refractivity (Wildman–Crippen MR) is 47.5 cm³/mol. The smallest absolute Gasteiger partial charge is 0.268 e. The number of aromatic nitrogens is 3. The van der Waals surface area contributed by atoms with E-state index in [2.05, 4.69) is 15.2 Å². The number of aliphatic imine (C=N–C) groups is 1. The molecule has 10 heteroatoms. The Morgan fingerprint density at radius 2 is 1.87 bits per heavy atom. The highest BCUT2D eigenvalue weighted by molar-refractivity contribution is 5.56. The number of nitrogens with one attached hydrogen (secondary N) is 2. The minimum Gasteiger partial charge on any atom is -0.268 e. The molecule has 15 heavy (non-hydrogen) atoms. The Balaban J connectivity index is 2.80. The van der Waals surface area contributed by atoms with Crippen LogP contribution in [-0.2, 0) is 5.91 Å². The number of hydrogen-bond donors (Lipinski definition) is 3. The molecule has 4 N–H and O–H groups in total. The lowest BCUT2D eigenvalue weighted by atomic mass is 10.6. The van der Waals surface area contributed by atoms with Crippen LogP contribution in [0, 0.1) is 0 Å². The number of hydrogen-bond acceptors (Lipinski definition) is 7. The molecular formula is C5H5N7O3. The van der Waals surface area contributed by atoms with E-state index in [1.807, 2.05) is 9.97 Å². The van der Waals surface area contributed by atoms with Crippen LogP contribution in [0.4, 0.5) is 0 Å². The van der Waals surface area contributed by atoms with Gasteiger partial charge in [0.25, 0.3) is 0 Å². The molecule has 2 heterocycles. The van der Waals surface area contributed by atoms with Gasteiger partial charge in [0.05, 0.1) is 0 Å². The van der Waals surface area contributed by atoms with Crippen LogP contribution in [-0.4, -0.2) is 20.9 Å². The molecule has 0 bridgehead atoms. The lowest BCUT2D eigenvalue weighted by Crippen LogP contribution is -2.55. The SMILES string of the molecule is NC1(n2c(=O)[nH]c(=O)[nH]c2=O)N=CN=N1. The van der Waals surface area contributed by atoms with Gasteiger partial charge < -0.3 is 0 Å². The summed E-state index contributed by atoms with van der Waals surface area (Å²) >= 11 is 0. The fourth-order valence-corrected chi connectivity index (χ4v) is 1.08. The van der Waals surface area contributed by atoms with E-state index in [-0.39, 0.29) is 0 Å². The molecule has 0 radical (unpaired) electrons. The van der Waals surface area contributed by atoms with E-state index in [1.165, 1.54) is 0 Å². The number of azo groups is 1. The van der Waals surface area contributed by atoms with E-state index >= 15 is 0 Å². The third-order valence-electron chi connectivity index (χ3n) is 1.68. The van der Waals surface area contributed by atoms with Crippen LogP contribution in [0.15, 0.2) is 29.6 Å². The van der Waals surface area contributed by atoms with Gasteiger partial charge >= 0.3 is 23.0 Å². The van der Waals surface area contributed by atoms with Gasteiger partial charge in [0, 0.05) is 0 Å². The molecular weight excluding hydrogens is 206 g/mol. The summed E-state index contributed by atoms with van der Waals surface area (Å²) in [6.45, 7) is 0. The Labute approximate surface area is 80.2 Å². The minimum absolute atomic E-state index is 0.446. The summed E-state index contributed by atoms with van der Waals surface area (Å²) in [4.78, 5) is 40.5. The van der Waals surface area contributed by atoms with Gasteiger partial charge in [-0.25, -0.2) is 19.4 Å². The van der Waals surface area contributed by atoms with Crippen molar-refractivity contribution in [1.29, 1.82) is 0 Å². The molecule has 1 aromatic heterocycles. The van der Waals surface area contributed by atoms with E-state index in [1.54, 1.807) is 0 Å². The summed E-state index contributed by atoms with van der Waals surface area (Å²) < 4.78 is 0.446. The summed E-state index contributed by atoms with van der Waals surface area (Å²) in [6, 6.07) is 0. The highest BCUT2D eigenvalue weighted by Crippen LogP contribution is 2.11. The highest BCUT2D eigenvalue weighted by Gasteiger charge is 2.32. The Bertz CT molecular complexity index is 570.